The highest BCUT2D eigenvalue weighted by Crippen LogP contribution is 2.32. The molecular weight excluding hydrogens is 462 g/mol. The lowest BCUT2D eigenvalue weighted by molar-refractivity contribution is -0.141. The number of aromatic nitrogens is 4. The first kappa shape index (κ1) is 23.6. The van der Waals surface area contributed by atoms with E-state index in [9.17, 15) is 9.59 Å². The third-order valence-electron chi connectivity index (χ3n) is 6.18. The Morgan fingerprint density at radius 3 is 2.81 bits per heavy atom. The van der Waals surface area contributed by atoms with Crippen molar-refractivity contribution in [2.75, 3.05) is 31.3 Å². The van der Waals surface area contributed by atoms with Crippen LogP contribution in [-0.2, 0) is 16.1 Å². The maximum Gasteiger partial charge on any atom is 0.244 e. The maximum absolute atomic E-state index is 13.4. The van der Waals surface area contributed by atoms with E-state index in [2.05, 4.69) is 20.3 Å². The SMILES string of the molecule is CC(C)CC(=O)N1CCN(c2ccnc(-n3ccnc3)n2)CC1C(=O)NCc1ccc2c(c1)OCO2. The van der Waals surface area contributed by atoms with Crippen LogP contribution in [0.5, 0.6) is 11.5 Å². The van der Waals surface area contributed by atoms with Crippen LogP contribution in [0.2, 0.25) is 0 Å². The summed E-state index contributed by atoms with van der Waals surface area (Å²) in [4.78, 5) is 43.2. The fourth-order valence-electron chi connectivity index (χ4n) is 4.36. The summed E-state index contributed by atoms with van der Waals surface area (Å²) in [5, 5.41) is 3.00. The number of fused-ring (bicyclic) bond motifs is 1. The molecule has 0 spiro atoms. The number of imidazole rings is 1. The Balaban J connectivity index is 1.32. The van der Waals surface area contributed by atoms with Crippen molar-refractivity contribution in [2.24, 2.45) is 5.92 Å². The van der Waals surface area contributed by atoms with E-state index in [0.29, 0.717) is 55.9 Å². The first-order valence-electron chi connectivity index (χ1n) is 12.0. The summed E-state index contributed by atoms with van der Waals surface area (Å²) in [6, 6.07) is 6.74. The van der Waals surface area contributed by atoms with Crippen molar-refractivity contribution >= 4 is 17.6 Å². The van der Waals surface area contributed by atoms with Crippen LogP contribution in [0.15, 0.2) is 49.2 Å². The molecule has 3 aromatic rings. The normalized spacial score (nSPS) is 16.9. The second kappa shape index (κ2) is 10.2. The van der Waals surface area contributed by atoms with Crippen LogP contribution in [0.25, 0.3) is 5.95 Å². The maximum atomic E-state index is 13.4. The molecular formula is C25H29N7O4. The lowest BCUT2D eigenvalue weighted by atomic mass is 10.1. The van der Waals surface area contributed by atoms with Crippen molar-refractivity contribution in [3.8, 4) is 17.4 Å². The number of carbonyl (C=O) groups excluding carboxylic acids is 2. The molecule has 1 atom stereocenters. The number of anilines is 1. The summed E-state index contributed by atoms with van der Waals surface area (Å²) in [5.74, 6) is 2.51. The van der Waals surface area contributed by atoms with Gasteiger partial charge in [0.05, 0.1) is 0 Å². The Hall–Kier alpha value is -4.15. The molecule has 0 aliphatic carbocycles. The highest BCUT2D eigenvalue weighted by molar-refractivity contribution is 5.88. The van der Waals surface area contributed by atoms with Gasteiger partial charge < -0.3 is 24.6 Å². The van der Waals surface area contributed by atoms with E-state index in [1.54, 1.807) is 34.4 Å². The minimum absolute atomic E-state index is 0.0188. The van der Waals surface area contributed by atoms with E-state index in [-0.39, 0.29) is 24.5 Å². The minimum Gasteiger partial charge on any atom is -0.454 e. The van der Waals surface area contributed by atoms with Crippen LogP contribution in [0.3, 0.4) is 0 Å². The third-order valence-corrected chi connectivity index (χ3v) is 6.18. The smallest absolute Gasteiger partial charge is 0.244 e. The zero-order valence-electron chi connectivity index (χ0n) is 20.3. The van der Waals surface area contributed by atoms with Crippen molar-refractivity contribution in [3.63, 3.8) is 0 Å². The van der Waals surface area contributed by atoms with E-state index in [4.69, 9.17) is 9.47 Å². The topological polar surface area (TPSA) is 115 Å². The number of amides is 2. The minimum atomic E-state index is -0.648. The van der Waals surface area contributed by atoms with E-state index >= 15 is 0 Å². The first-order chi connectivity index (χ1) is 17.5. The quantitative estimate of drug-likeness (QED) is 0.532. The molecule has 0 radical (unpaired) electrons. The van der Waals surface area contributed by atoms with Crippen molar-refractivity contribution in [2.45, 2.75) is 32.9 Å². The van der Waals surface area contributed by atoms with E-state index in [1.165, 1.54) is 0 Å². The summed E-state index contributed by atoms with van der Waals surface area (Å²) >= 11 is 0. The van der Waals surface area contributed by atoms with Crippen LogP contribution in [0, 0.1) is 5.92 Å². The number of nitrogens with one attached hydrogen (secondary N) is 1. The van der Waals surface area contributed by atoms with Gasteiger partial charge in [-0.2, -0.15) is 4.98 Å². The summed E-state index contributed by atoms with van der Waals surface area (Å²) in [5.41, 5.74) is 0.890. The van der Waals surface area contributed by atoms with Gasteiger partial charge in [-0.3, -0.25) is 14.2 Å². The lowest BCUT2D eigenvalue weighted by Crippen LogP contribution is -2.61. The zero-order valence-corrected chi connectivity index (χ0v) is 20.3. The molecule has 1 fully saturated rings. The van der Waals surface area contributed by atoms with Gasteiger partial charge in [0.2, 0.25) is 24.6 Å². The van der Waals surface area contributed by atoms with Crippen molar-refractivity contribution in [1.82, 2.24) is 29.7 Å². The van der Waals surface area contributed by atoms with Gasteiger partial charge in [-0.25, -0.2) is 9.97 Å². The third kappa shape index (κ3) is 5.09. The molecule has 0 saturated carbocycles. The molecule has 2 amide bonds. The highest BCUT2D eigenvalue weighted by atomic mass is 16.7. The van der Waals surface area contributed by atoms with Gasteiger partial charge in [0, 0.05) is 51.2 Å². The Labute approximate surface area is 209 Å². The molecule has 1 aromatic carbocycles. The standard InChI is InChI=1S/C25H29N7O4/c1-17(2)11-23(33)32-10-9-30(22-5-6-27-25(29-22)31-8-7-26-15-31)14-19(32)24(34)28-13-18-3-4-20-21(12-18)36-16-35-20/h3-8,12,15,17,19H,9-11,13-14,16H2,1-2H3,(H,28,34). The van der Waals surface area contributed by atoms with Crippen LogP contribution in [-0.4, -0.2) is 68.7 Å². The number of benzene rings is 1. The number of hydrogen-bond acceptors (Lipinski definition) is 8. The molecule has 2 aromatic heterocycles. The number of hydrogen-bond donors (Lipinski definition) is 1. The monoisotopic (exact) mass is 491 g/mol. The number of ether oxygens (including phenoxy) is 2. The first-order valence-corrected chi connectivity index (χ1v) is 12.0. The largest absolute Gasteiger partial charge is 0.454 e. The molecule has 11 nitrogen and oxygen atoms in total. The summed E-state index contributed by atoms with van der Waals surface area (Å²) < 4.78 is 12.5. The van der Waals surface area contributed by atoms with Crippen molar-refractivity contribution in [1.29, 1.82) is 0 Å². The number of piperazine rings is 1. The lowest BCUT2D eigenvalue weighted by Gasteiger charge is -2.41. The highest BCUT2D eigenvalue weighted by Gasteiger charge is 2.36. The predicted molar refractivity (Wildman–Crippen MR) is 131 cm³/mol. The van der Waals surface area contributed by atoms with Gasteiger partial charge in [-0.15, -0.1) is 0 Å². The molecule has 2 aliphatic heterocycles. The Morgan fingerprint density at radius 1 is 1.14 bits per heavy atom. The molecule has 2 aliphatic rings. The molecule has 4 heterocycles. The second-order valence-corrected chi connectivity index (χ2v) is 9.24. The fraction of sp³-hybridized carbons (Fsp3) is 0.400. The second-order valence-electron chi connectivity index (χ2n) is 9.24. The van der Waals surface area contributed by atoms with Gasteiger partial charge in [0.1, 0.15) is 18.2 Å². The average Bonchev–Trinajstić information content (AvgIpc) is 3.59. The van der Waals surface area contributed by atoms with E-state index in [1.807, 2.05) is 43.0 Å². The van der Waals surface area contributed by atoms with Gasteiger partial charge in [0.25, 0.3) is 0 Å². The molecule has 0 bridgehead atoms. The molecule has 36 heavy (non-hydrogen) atoms. The van der Waals surface area contributed by atoms with Gasteiger partial charge >= 0.3 is 0 Å². The molecule has 1 saturated heterocycles. The van der Waals surface area contributed by atoms with Crippen LogP contribution in [0.1, 0.15) is 25.8 Å². The zero-order chi connectivity index (χ0) is 25.1. The van der Waals surface area contributed by atoms with Crippen LogP contribution < -0.4 is 19.7 Å². The number of carbonyl (C=O) groups is 2. The Bertz CT molecular complexity index is 1230. The summed E-state index contributed by atoms with van der Waals surface area (Å²) in [6.07, 6.45) is 7.14. The molecule has 188 valence electrons. The molecule has 11 heteroatoms. The van der Waals surface area contributed by atoms with Gasteiger partial charge in [0.15, 0.2) is 11.5 Å². The van der Waals surface area contributed by atoms with Gasteiger partial charge in [-0.1, -0.05) is 19.9 Å². The molecule has 1 N–H and O–H groups in total. The fourth-order valence-corrected chi connectivity index (χ4v) is 4.36. The van der Waals surface area contributed by atoms with Crippen molar-refractivity contribution < 1.29 is 19.1 Å². The molecule has 1 unspecified atom stereocenters. The Kier molecular flexibility index (Phi) is 6.70. The van der Waals surface area contributed by atoms with E-state index in [0.717, 1.165) is 5.56 Å². The molecule has 5 rings (SSSR count). The summed E-state index contributed by atoms with van der Waals surface area (Å²) in [7, 11) is 0. The Morgan fingerprint density at radius 2 is 2.00 bits per heavy atom. The van der Waals surface area contributed by atoms with Crippen LogP contribution in [0.4, 0.5) is 5.82 Å². The summed E-state index contributed by atoms with van der Waals surface area (Å²) in [6.45, 7) is 5.84. The number of rotatable bonds is 7. The van der Waals surface area contributed by atoms with Crippen molar-refractivity contribution in [3.05, 3.63) is 54.7 Å². The number of nitrogens with zero attached hydrogens (tertiary/aromatic N) is 6. The van der Waals surface area contributed by atoms with Crippen LogP contribution >= 0.6 is 0 Å². The average molecular weight is 492 g/mol. The van der Waals surface area contributed by atoms with Gasteiger partial charge in [-0.05, 0) is 29.7 Å². The predicted octanol–water partition coefficient (Wildman–Crippen LogP) is 1.77. The van der Waals surface area contributed by atoms with E-state index < -0.39 is 6.04 Å².